The monoisotopic (exact) mass is 297 g/mol. The molecular formula is C15H23NO3S. The molecule has 0 unspecified atom stereocenters. The van der Waals surface area contributed by atoms with Crippen molar-refractivity contribution in [3.8, 4) is 0 Å². The molecule has 4 nitrogen and oxygen atoms in total. The molecule has 1 aromatic carbocycles. The molecule has 0 radical (unpaired) electrons. The van der Waals surface area contributed by atoms with Crippen molar-refractivity contribution in [3.05, 3.63) is 35.9 Å². The predicted octanol–water partition coefficient (Wildman–Crippen LogP) is 2.30. The van der Waals surface area contributed by atoms with Crippen molar-refractivity contribution < 1.29 is 13.2 Å². The van der Waals surface area contributed by atoms with E-state index in [-0.39, 0.29) is 17.4 Å². The van der Waals surface area contributed by atoms with Gasteiger partial charge < -0.3 is 5.32 Å². The number of nitrogens with one attached hydrogen (secondary N) is 1. The van der Waals surface area contributed by atoms with Crippen LogP contribution in [0.2, 0.25) is 0 Å². The van der Waals surface area contributed by atoms with E-state index in [0.717, 1.165) is 18.4 Å². The average molecular weight is 297 g/mol. The van der Waals surface area contributed by atoms with Crippen molar-refractivity contribution in [1.82, 2.24) is 5.32 Å². The number of unbranched alkanes of at least 4 members (excludes halogenated alkanes) is 1. The van der Waals surface area contributed by atoms with Gasteiger partial charge in [0.2, 0.25) is 5.91 Å². The molecule has 1 amide bonds. The highest BCUT2D eigenvalue weighted by molar-refractivity contribution is 7.90. The van der Waals surface area contributed by atoms with Crippen molar-refractivity contribution in [2.24, 2.45) is 0 Å². The molecule has 0 bridgehead atoms. The molecule has 0 aliphatic heterocycles. The highest BCUT2D eigenvalue weighted by Gasteiger charge is 2.11. The molecule has 0 aromatic heterocycles. The third-order valence-corrected chi connectivity index (χ3v) is 4.62. The van der Waals surface area contributed by atoms with Crippen LogP contribution in [0.4, 0.5) is 0 Å². The summed E-state index contributed by atoms with van der Waals surface area (Å²) in [7, 11) is -3.10. The van der Waals surface area contributed by atoms with Gasteiger partial charge in [-0.15, -0.1) is 0 Å². The smallest absolute Gasteiger partial charge is 0.219 e. The lowest BCUT2D eigenvalue weighted by Crippen LogP contribution is -2.25. The number of carbonyl (C=O) groups is 1. The Morgan fingerprint density at radius 3 is 2.50 bits per heavy atom. The molecule has 0 atom stereocenters. The maximum absolute atomic E-state index is 11.9. The Kier molecular flexibility index (Phi) is 7.30. The first-order chi connectivity index (χ1) is 9.53. The lowest BCUT2D eigenvalue weighted by Gasteiger charge is -2.06. The molecule has 1 N–H and O–H groups in total. The molecule has 0 fully saturated rings. The largest absolute Gasteiger partial charge is 0.356 e. The Morgan fingerprint density at radius 1 is 1.15 bits per heavy atom. The standard InChI is InChI=1S/C15H23NO3S/c1-2-3-10-15(17)16-11-7-12-20(18,19)13-14-8-5-4-6-9-14/h4-6,8-9H,2-3,7,10-13H2,1H3,(H,16,17). The number of hydrogen-bond donors (Lipinski definition) is 1. The van der Waals surface area contributed by atoms with Crippen molar-refractivity contribution in [2.75, 3.05) is 12.3 Å². The Morgan fingerprint density at radius 2 is 1.85 bits per heavy atom. The van der Waals surface area contributed by atoms with Gasteiger partial charge in [0.15, 0.2) is 9.84 Å². The van der Waals surface area contributed by atoms with Crippen LogP contribution in [-0.4, -0.2) is 26.6 Å². The molecule has 0 saturated carbocycles. The van der Waals surface area contributed by atoms with Crippen LogP contribution in [-0.2, 0) is 20.4 Å². The zero-order valence-corrected chi connectivity index (χ0v) is 12.8. The molecule has 1 aromatic rings. The zero-order chi connectivity index (χ0) is 14.8. The fourth-order valence-electron chi connectivity index (χ4n) is 1.85. The summed E-state index contributed by atoms with van der Waals surface area (Å²) in [5.74, 6) is 0.181. The average Bonchev–Trinajstić information content (AvgIpc) is 2.42. The molecule has 112 valence electrons. The molecule has 1 rings (SSSR count). The second-order valence-corrected chi connectivity index (χ2v) is 7.07. The van der Waals surface area contributed by atoms with Gasteiger partial charge in [0.05, 0.1) is 11.5 Å². The number of benzene rings is 1. The van der Waals surface area contributed by atoms with Gasteiger partial charge in [0, 0.05) is 13.0 Å². The molecule has 20 heavy (non-hydrogen) atoms. The van der Waals surface area contributed by atoms with Crippen molar-refractivity contribution >= 4 is 15.7 Å². The van der Waals surface area contributed by atoms with E-state index in [2.05, 4.69) is 5.32 Å². The normalized spacial score (nSPS) is 11.2. The fraction of sp³-hybridized carbons (Fsp3) is 0.533. The van der Waals surface area contributed by atoms with E-state index in [1.165, 1.54) is 0 Å². The van der Waals surface area contributed by atoms with Gasteiger partial charge in [0.25, 0.3) is 0 Å². The first-order valence-corrected chi connectivity index (χ1v) is 8.86. The van der Waals surface area contributed by atoms with E-state index < -0.39 is 9.84 Å². The van der Waals surface area contributed by atoms with Gasteiger partial charge >= 0.3 is 0 Å². The van der Waals surface area contributed by atoms with Crippen molar-refractivity contribution in [2.45, 2.75) is 38.4 Å². The molecule has 0 spiro atoms. The molecular weight excluding hydrogens is 274 g/mol. The number of sulfone groups is 1. The summed E-state index contributed by atoms with van der Waals surface area (Å²) in [5, 5.41) is 2.75. The number of rotatable bonds is 9. The van der Waals surface area contributed by atoms with E-state index in [1.54, 1.807) is 0 Å². The quantitative estimate of drug-likeness (QED) is 0.711. The van der Waals surface area contributed by atoms with E-state index in [9.17, 15) is 13.2 Å². The highest BCUT2D eigenvalue weighted by Crippen LogP contribution is 2.06. The van der Waals surface area contributed by atoms with E-state index in [4.69, 9.17) is 0 Å². The molecule has 0 saturated heterocycles. The van der Waals surface area contributed by atoms with Crippen LogP contribution in [0.5, 0.6) is 0 Å². The fourth-order valence-corrected chi connectivity index (χ4v) is 3.27. The first kappa shape index (κ1) is 16.7. The van der Waals surface area contributed by atoms with E-state index in [0.29, 0.717) is 19.4 Å². The predicted molar refractivity (Wildman–Crippen MR) is 81.1 cm³/mol. The summed E-state index contributed by atoms with van der Waals surface area (Å²) in [6.45, 7) is 2.46. The Balaban J connectivity index is 2.25. The summed E-state index contributed by atoms with van der Waals surface area (Å²) < 4.78 is 23.8. The van der Waals surface area contributed by atoms with Crippen LogP contribution in [0.1, 0.15) is 38.2 Å². The van der Waals surface area contributed by atoms with Crippen LogP contribution < -0.4 is 5.32 Å². The third-order valence-electron chi connectivity index (χ3n) is 2.94. The lowest BCUT2D eigenvalue weighted by atomic mass is 10.2. The van der Waals surface area contributed by atoms with Crippen molar-refractivity contribution in [1.29, 1.82) is 0 Å². The van der Waals surface area contributed by atoms with Crippen LogP contribution in [0.15, 0.2) is 30.3 Å². The number of amides is 1. The Bertz CT molecular complexity index is 497. The first-order valence-electron chi connectivity index (χ1n) is 7.04. The van der Waals surface area contributed by atoms with Crippen LogP contribution in [0.25, 0.3) is 0 Å². The summed E-state index contributed by atoms with van der Waals surface area (Å²) in [4.78, 5) is 11.4. The summed E-state index contributed by atoms with van der Waals surface area (Å²) in [6, 6.07) is 9.15. The second kappa shape index (κ2) is 8.74. The molecule has 0 aliphatic carbocycles. The molecule has 0 heterocycles. The minimum atomic E-state index is -3.10. The zero-order valence-electron chi connectivity index (χ0n) is 12.0. The van der Waals surface area contributed by atoms with E-state index >= 15 is 0 Å². The summed E-state index contributed by atoms with van der Waals surface area (Å²) in [5.41, 5.74) is 0.805. The maximum atomic E-state index is 11.9. The molecule has 0 aliphatic rings. The minimum Gasteiger partial charge on any atom is -0.356 e. The van der Waals surface area contributed by atoms with Crippen molar-refractivity contribution in [3.63, 3.8) is 0 Å². The minimum absolute atomic E-state index is 0.00677. The van der Waals surface area contributed by atoms with Crippen LogP contribution >= 0.6 is 0 Å². The second-order valence-electron chi connectivity index (χ2n) is 4.88. The Labute approximate surface area is 121 Å². The van der Waals surface area contributed by atoms with Crippen LogP contribution in [0.3, 0.4) is 0 Å². The summed E-state index contributed by atoms with van der Waals surface area (Å²) >= 11 is 0. The highest BCUT2D eigenvalue weighted by atomic mass is 32.2. The summed E-state index contributed by atoms with van der Waals surface area (Å²) in [6.07, 6.45) is 2.84. The van der Waals surface area contributed by atoms with Gasteiger partial charge in [-0.05, 0) is 18.4 Å². The number of hydrogen-bond acceptors (Lipinski definition) is 3. The van der Waals surface area contributed by atoms with Gasteiger partial charge in [-0.1, -0.05) is 43.7 Å². The number of carbonyl (C=O) groups excluding carboxylic acids is 1. The SMILES string of the molecule is CCCCC(=O)NCCCS(=O)(=O)Cc1ccccc1. The topological polar surface area (TPSA) is 63.2 Å². The van der Waals surface area contributed by atoms with Gasteiger partial charge in [-0.2, -0.15) is 0 Å². The van der Waals surface area contributed by atoms with Gasteiger partial charge in [0.1, 0.15) is 0 Å². The molecule has 5 heteroatoms. The van der Waals surface area contributed by atoms with Gasteiger partial charge in [-0.3, -0.25) is 4.79 Å². The van der Waals surface area contributed by atoms with E-state index in [1.807, 2.05) is 37.3 Å². The third kappa shape index (κ3) is 7.28. The lowest BCUT2D eigenvalue weighted by molar-refractivity contribution is -0.121. The van der Waals surface area contributed by atoms with Gasteiger partial charge in [-0.25, -0.2) is 8.42 Å². The van der Waals surface area contributed by atoms with Crippen LogP contribution in [0, 0.1) is 0 Å². The maximum Gasteiger partial charge on any atom is 0.219 e. The Hall–Kier alpha value is -1.36.